The van der Waals surface area contributed by atoms with Gasteiger partial charge in [-0.1, -0.05) is 41.0 Å². The summed E-state index contributed by atoms with van der Waals surface area (Å²) < 4.78 is 0.271. The molecule has 2 atom stereocenters. The molecular weight excluding hydrogens is 230 g/mol. The molecule has 0 aliphatic heterocycles. The van der Waals surface area contributed by atoms with E-state index in [1.807, 2.05) is 11.8 Å². The van der Waals surface area contributed by atoms with Gasteiger partial charge in [-0.25, -0.2) is 0 Å². The van der Waals surface area contributed by atoms with Gasteiger partial charge in [0.2, 0.25) is 5.91 Å². The Labute approximate surface area is 110 Å². The second kappa shape index (κ2) is 5.21. The van der Waals surface area contributed by atoms with Crippen LogP contribution >= 0.6 is 11.8 Å². The molecule has 2 unspecified atom stereocenters. The summed E-state index contributed by atoms with van der Waals surface area (Å²) in [7, 11) is 1.73. The van der Waals surface area contributed by atoms with Gasteiger partial charge in [0.1, 0.15) is 0 Å². The summed E-state index contributed by atoms with van der Waals surface area (Å²) in [4.78, 5) is 11.5. The zero-order valence-electron chi connectivity index (χ0n) is 12.1. The smallest absolute Gasteiger partial charge is 0.224 e. The average Bonchev–Trinajstić information content (AvgIpc) is 2.93. The number of amides is 1. The third kappa shape index (κ3) is 4.53. The summed E-state index contributed by atoms with van der Waals surface area (Å²) in [6, 6.07) is 0. The monoisotopic (exact) mass is 257 g/mol. The Morgan fingerprint density at radius 1 is 1.35 bits per heavy atom. The van der Waals surface area contributed by atoms with E-state index in [4.69, 9.17) is 0 Å². The van der Waals surface area contributed by atoms with Gasteiger partial charge in [-0.15, -0.1) is 0 Å². The van der Waals surface area contributed by atoms with Gasteiger partial charge in [0.05, 0.1) is 5.92 Å². The van der Waals surface area contributed by atoms with Crippen LogP contribution in [-0.2, 0) is 4.79 Å². The Hall–Kier alpha value is -0.180. The second-order valence-electron chi connectivity index (χ2n) is 6.57. The molecule has 1 rings (SSSR count). The van der Waals surface area contributed by atoms with E-state index in [0.29, 0.717) is 10.7 Å². The van der Waals surface area contributed by atoms with E-state index in [9.17, 15) is 4.79 Å². The van der Waals surface area contributed by atoms with Crippen LogP contribution in [0.25, 0.3) is 0 Å². The number of hydrogen-bond acceptors (Lipinski definition) is 2. The van der Waals surface area contributed by atoms with Crippen molar-refractivity contribution in [2.75, 3.05) is 7.05 Å². The van der Waals surface area contributed by atoms with Gasteiger partial charge in [0.25, 0.3) is 0 Å². The van der Waals surface area contributed by atoms with Crippen molar-refractivity contribution in [1.29, 1.82) is 0 Å². The van der Waals surface area contributed by atoms with Crippen molar-refractivity contribution in [2.45, 2.75) is 63.9 Å². The molecule has 1 aliphatic rings. The van der Waals surface area contributed by atoms with Crippen LogP contribution in [0.4, 0.5) is 0 Å². The molecule has 0 heterocycles. The van der Waals surface area contributed by atoms with Gasteiger partial charge in [0.15, 0.2) is 0 Å². The van der Waals surface area contributed by atoms with Gasteiger partial charge < -0.3 is 5.32 Å². The van der Waals surface area contributed by atoms with E-state index in [1.54, 1.807) is 7.05 Å². The number of thioether (sulfide) groups is 1. The van der Waals surface area contributed by atoms with Crippen molar-refractivity contribution in [3.8, 4) is 0 Å². The van der Waals surface area contributed by atoms with Gasteiger partial charge in [0, 0.05) is 17.0 Å². The molecule has 0 aromatic heterocycles. The van der Waals surface area contributed by atoms with Crippen molar-refractivity contribution < 1.29 is 4.79 Å². The van der Waals surface area contributed by atoms with Crippen molar-refractivity contribution in [1.82, 2.24) is 5.32 Å². The van der Waals surface area contributed by atoms with Crippen molar-refractivity contribution in [3.05, 3.63) is 0 Å². The first-order valence-corrected chi connectivity index (χ1v) is 7.48. The quantitative estimate of drug-likeness (QED) is 0.789. The van der Waals surface area contributed by atoms with Gasteiger partial charge in [-0.05, 0) is 18.3 Å². The van der Waals surface area contributed by atoms with Crippen LogP contribution in [-0.4, -0.2) is 23.0 Å². The first-order chi connectivity index (χ1) is 7.71. The summed E-state index contributed by atoms with van der Waals surface area (Å²) in [5.74, 6) is 0.474. The molecule has 0 saturated heterocycles. The molecule has 1 N–H and O–H groups in total. The lowest BCUT2D eigenvalue weighted by Gasteiger charge is -2.34. The molecule has 1 aliphatic carbocycles. The maximum absolute atomic E-state index is 11.5. The van der Waals surface area contributed by atoms with Crippen LogP contribution < -0.4 is 5.32 Å². The minimum absolute atomic E-state index is 0.216. The van der Waals surface area contributed by atoms with Crippen LogP contribution in [0.15, 0.2) is 0 Å². The average molecular weight is 257 g/mol. The fraction of sp³-hybridized carbons (Fsp3) is 0.929. The Bertz CT molecular complexity index is 286. The molecular formula is C14H27NOS. The minimum atomic E-state index is 0.216. The molecule has 1 amide bonds. The summed E-state index contributed by atoms with van der Waals surface area (Å²) in [5, 5.41) is 3.29. The van der Waals surface area contributed by atoms with Crippen LogP contribution in [0.2, 0.25) is 0 Å². The van der Waals surface area contributed by atoms with Gasteiger partial charge in [-0.3, -0.25) is 4.79 Å². The van der Waals surface area contributed by atoms with E-state index in [0.717, 1.165) is 6.42 Å². The maximum Gasteiger partial charge on any atom is 0.224 e. The number of nitrogens with one attached hydrogen (secondary N) is 1. The Kier molecular flexibility index (Phi) is 4.56. The third-order valence-corrected chi connectivity index (χ3v) is 5.25. The van der Waals surface area contributed by atoms with Crippen LogP contribution in [0, 0.1) is 11.3 Å². The van der Waals surface area contributed by atoms with Crippen LogP contribution in [0.1, 0.15) is 53.9 Å². The largest absolute Gasteiger partial charge is 0.359 e. The summed E-state index contributed by atoms with van der Waals surface area (Å²) in [6.07, 6.45) is 3.47. The van der Waals surface area contributed by atoms with Crippen LogP contribution in [0.5, 0.6) is 0 Å². The summed E-state index contributed by atoms with van der Waals surface area (Å²) in [6.45, 7) is 11.5. The number of hydrogen-bond donors (Lipinski definition) is 1. The zero-order valence-corrected chi connectivity index (χ0v) is 12.9. The molecule has 100 valence electrons. The topological polar surface area (TPSA) is 29.1 Å². The highest BCUT2D eigenvalue weighted by atomic mass is 32.2. The third-order valence-electron chi connectivity index (χ3n) is 3.65. The normalized spacial score (nSPS) is 24.6. The molecule has 0 aromatic carbocycles. The number of carbonyl (C=O) groups is 1. The Balaban J connectivity index is 2.44. The van der Waals surface area contributed by atoms with Gasteiger partial charge >= 0.3 is 0 Å². The standard InChI is InChI=1S/C14H27NOS/c1-7-13(2,3)9-14(4,5)17-11-8-10(11)12(16)15-6/h10-11H,7-9H2,1-6H3,(H,15,16). The highest BCUT2D eigenvalue weighted by molar-refractivity contribution is 8.01. The second-order valence-corrected chi connectivity index (χ2v) is 8.51. The lowest BCUT2D eigenvalue weighted by Crippen LogP contribution is -2.27. The number of rotatable bonds is 6. The van der Waals surface area contributed by atoms with E-state index < -0.39 is 0 Å². The highest BCUT2D eigenvalue weighted by Gasteiger charge is 2.46. The van der Waals surface area contributed by atoms with Crippen molar-refractivity contribution in [3.63, 3.8) is 0 Å². The SMILES string of the molecule is CCC(C)(C)CC(C)(C)SC1CC1C(=O)NC. The predicted molar refractivity (Wildman–Crippen MR) is 76.3 cm³/mol. The molecule has 0 aromatic rings. The van der Waals surface area contributed by atoms with E-state index in [2.05, 4.69) is 39.9 Å². The molecule has 1 saturated carbocycles. The summed E-state index contributed by atoms with van der Waals surface area (Å²) in [5.41, 5.74) is 0.397. The van der Waals surface area contributed by atoms with E-state index in [-0.39, 0.29) is 16.6 Å². The zero-order chi connectivity index (χ0) is 13.3. The van der Waals surface area contributed by atoms with Gasteiger partial charge in [-0.2, -0.15) is 11.8 Å². The maximum atomic E-state index is 11.5. The highest BCUT2D eigenvalue weighted by Crippen LogP contribution is 2.50. The van der Waals surface area contributed by atoms with Crippen molar-refractivity contribution >= 4 is 17.7 Å². The Morgan fingerprint density at radius 3 is 2.41 bits per heavy atom. The fourth-order valence-electron chi connectivity index (χ4n) is 2.49. The molecule has 0 bridgehead atoms. The van der Waals surface area contributed by atoms with E-state index in [1.165, 1.54) is 12.8 Å². The van der Waals surface area contributed by atoms with Crippen molar-refractivity contribution in [2.24, 2.45) is 11.3 Å². The predicted octanol–water partition coefficient (Wildman–Crippen LogP) is 3.46. The fourth-order valence-corrected chi connectivity index (χ4v) is 4.38. The van der Waals surface area contributed by atoms with Crippen LogP contribution in [0.3, 0.4) is 0 Å². The molecule has 0 spiro atoms. The summed E-state index contributed by atoms with van der Waals surface area (Å²) >= 11 is 2.00. The first kappa shape index (κ1) is 14.9. The Morgan fingerprint density at radius 2 is 1.94 bits per heavy atom. The lowest BCUT2D eigenvalue weighted by molar-refractivity contribution is -0.121. The molecule has 3 heteroatoms. The molecule has 0 radical (unpaired) electrons. The minimum Gasteiger partial charge on any atom is -0.359 e. The molecule has 1 fully saturated rings. The first-order valence-electron chi connectivity index (χ1n) is 6.60. The molecule has 2 nitrogen and oxygen atoms in total. The van der Waals surface area contributed by atoms with E-state index >= 15 is 0 Å². The number of carbonyl (C=O) groups excluding carboxylic acids is 1. The molecule has 17 heavy (non-hydrogen) atoms. The lowest BCUT2D eigenvalue weighted by atomic mass is 9.81.